The van der Waals surface area contributed by atoms with Gasteiger partial charge in [0.05, 0.1) is 20.7 Å². The van der Waals surface area contributed by atoms with Crippen molar-refractivity contribution < 1.29 is 16.8 Å². The summed E-state index contributed by atoms with van der Waals surface area (Å²) in [4.78, 5) is 2.27. The Labute approximate surface area is 173 Å². The first-order valence-electron chi connectivity index (χ1n) is 9.83. The first-order valence-corrected chi connectivity index (χ1v) is 12.9. The number of hydrogen-bond acceptors (Lipinski definition) is 5. The summed E-state index contributed by atoms with van der Waals surface area (Å²) < 4.78 is 54.1. The molecule has 6 nitrogen and oxygen atoms in total. The SMILES string of the molecule is Cc1ccc(S(=O)(=O)Nc2cc(N3CCCCC3)ccc2S(=O)(=O)C(C)C)cc1. The van der Waals surface area contributed by atoms with Crippen LogP contribution in [-0.4, -0.2) is 35.2 Å². The van der Waals surface area contributed by atoms with Gasteiger partial charge < -0.3 is 4.90 Å². The Kier molecular flexibility index (Phi) is 6.24. The lowest BCUT2D eigenvalue weighted by Crippen LogP contribution is -2.29. The molecule has 8 heteroatoms. The number of nitrogens with one attached hydrogen (secondary N) is 1. The zero-order valence-corrected chi connectivity index (χ0v) is 18.7. The van der Waals surface area contributed by atoms with Crippen LogP contribution in [0.5, 0.6) is 0 Å². The number of sulfone groups is 1. The third kappa shape index (κ3) is 4.75. The summed E-state index contributed by atoms with van der Waals surface area (Å²) in [6.45, 7) is 6.80. The van der Waals surface area contributed by atoms with Crippen molar-refractivity contribution in [1.29, 1.82) is 0 Å². The van der Waals surface area contributed by atoms with Gasteiger partial charge in [0.2, 0.25) is 0 Å². The van der Waals surface area contributed by atoms with Crippen LogP contribution >= 0.6 is 0 Å². The van der Waals surface area contributed by atoms with Crippen LogP contribution in [-0.2, 0) is 19.9 Å². The van der Waals surface area contributed by atoms with Gasteiger partial charge in [0.15, 0.2) is 9.84 Å². The number of rotatable bonds is 6. The van der Waals surface area contributed by atoms with E-state index in [4.69, 9.17) is 0 Å². The number of aryl methyl sites for hydroxylation is 1. The molecular weight excluding hydrogens is 408 g/mol. The van der Waals surface area contributed by atoms with E-state index in [1.165, 1.54) is 24.6 Å². The summed E-state index contributed by atoms with van der Waals surface area (Å²) in [6, 6.07) is 11.4. The van der Waals surface area contributed by atoms with Gasteiger partial charge in [0.25, 0.3) is 10.0 Å². The van der Waals surface area contributed by atoms with Crippen LogP contribution in [0, 0.1) is 6.92 Å². The molecule has 0 amide bonds. The van der Waals surface area contributed by atoms with E-state index in [-0.39, 0.29) is 15.5 Å². The molecule has 2 aromatic rings. The number of benzene rings is 2. The van der Waals surface area contributed by atoms with E-state index in [1.807, 2.05) is 6.92 Å². The topological polar surface area (TPSA) is 83.6 Å². The molecular formula is C21H28N2O4S2. The molecule has 0 spiro atoms. The van der Waals surface area contributed by atoms with Gasteiger partial charge in [-0.3, -0.25) is 4.72 Å². The first-order chi connectivity index (χ1) is 13.6. The monoisotopic (exact) mass is 436 g/mol. The third-order valence-electron chi connectivity index (χ3n) is 5.19. The fourth-order valence-corrected chi connectivity index (χ4v) is 5.69. The fourth-order valence-electron chi connectivity index (χ4n) is 3.37. The highest BCUT2D eigenvalue weighted by Gasteiger charge is 2.26. The molecule has 0 saturated carbocycles. The Morgan fingerprint density at radius 1 is 0.897 bits per heavy atom. The van der Waals surface area contributed by atoms with Gasteiger partial charge in [-0.05, 0) is 70.4 Å². The predicted molar refractivity (Wildman–Crippen MR) is 117 cm³/mol. The summed E-state index contributed by atoms with van der Waals surface area (Å²) in [5.41, 5.74) is 1.87. The van der Waals surface area contributed by atoms with E-state index >= 15 is 0 Å². The highest BCUT2D eigenvalue weighted by molar-refractivity contribution is 7.93. The second kappa shape index (κ2) is 8.36. The molecule has 1 aliphatic heterocycles. The van der Waals surface area contributed by atoms with Gasteiger partial charge >= 0.3 is 0 Å². The van der Waals surface area contributed by atoms with E-state index in [9.17, 15) is 16.8 Å². The van der Waals surface area contributed by atoms with Crippen molar-refractivity contribution in [1.82, 2.24) is 0 Å². The van der Waals surface area contributed by atoms with Crippen molar-refractivity contribution in [3.05, 3.63) is 48.0 Å². The summed E-state index contributed by atoms with van der Waals surface area (Å²) >= 11 is 0. The summed E-state index contributed by atoms with van der Waals surface area (Å²) in [7, 11) is -7.58. The lowest BCUT2D eigenvalue weighted by Gasteiger charge is -2.29. The zero-order valence-electron chi connectivity index (χ0n) is 17.1. The first kappa shape index (κ1) is 21.6. The molecule has 158 valence electrons. The molecule has 0 unspecified atom stereocenters. The Morgan fingerprint density at radius 3 is 2.10 bits per heavy atom. The molecule has 1 fully saturated rings. The van der Waals surface area contributed by atoms with Crippen molar-refractivity contribution in [2.24, 2.45) is 0 Å². The molecule has 1 N–H and O–H groups in total. The number of nitrogens with zero attached hydrogens (tertiary/aromatic N) is 1. The Bertz CT molecular complexity index is 1070. The second-order valence-electron chi connectivity index (χ2n) is 7.74. The van der Waals surface area contributed by atoms with Gasteiger partial charge in [-0.25, -0.2) is 16.8 Å². The molecule has 0 radical (unpaired) electrons. The lowest BCUT2D eigenvalue weighted by molar-refractivity contribution is 0.577. The number of hydrogen-bond donors (Lipinski definition) is 1. The minimum absolute atomic E-state index is 0.00365. The van der Waals surface area contributed by atoms with E-state index < -0.39 is 25.1 Å². The number of piperidine rings is 1. The van der Waals surface area contributed by atoms with Crippen LogP contribution in [0.1, 0.15) is 38.7 Å². The van der Waals surface area contributed by atoms with Crippen molar-refractivity contribution in [2.75, 3.05) is 22.7 Å². The van der Waals surface area contributed by atoms with Crippen LogP contribution in [0.15, 0.2) is 52.3 Å². The van der Waals surface area contributed by atoms with E-state index in [0.29, 0.717) is 0 Å². The molecule has 1 heterocycles. The number of sulfonamides is 1. The van der Waals surface area contributed by atoms with E-state index in [1.54, 1.807) is 38.1 Å². The van der Waals surface area contributed by atoms with Crippen molar-refractivity contribution in [3.8, 4) is 0 Å². The molecule has 3 rings (SSSR count). The predicted octanol–water partition coefficient (Wildman–Crippen LogP) is 3.97. The zero-order chi connectivity index (χ0) is 21.2. The molecule has 2 aromatic carbocycles. The average molecular weight is 437 g/mol. The van der Waals surface area contributed by atoms with Crippen molar-refractivity contribution in [2.45, 2.75) is 55.1 Å². The number of anilines is 2. The van der Waals surface area contributed by atoms with Crippen LogP contribution < -0.4 is 9.62 Å². The quantitative estimate of drug-likeness (QED) is 0.741. The maximum atomic E-state index is 12.9. The minimum atomic E-state index is -3.92. The summed E-state index contributed by atoms with van der Waals surface area (Å²) in [6.07, 6.45) is 3.30. The van der Waals surface area contributed by atoms with Gasteiger partial charge in [-0.1, -0.05) is 17.7 Å². The summed E-state index contributed by atoms with van der Waals surface area (Å²) in [5.74, 6) is 0. The molecule has 29 heavy (non-hydrogen) atoms. The minimum Gasteiger partial charge on any atom is -0.371 e. The molecule has 0 bridgehead atoms. The van der Waals surface area contributed by atoms with Crippen molar-refractivity contribution in [3.63, 3.8) is 0 Å². The molecule has 0 atom stereocenters. The highest BCUT2D eigenvalue weighted by atomic mass is 32.2. The Balaban J connectivity index is 2.06. The van der Waals surface area contributed by atoms with Gasteiger partial charge in [0, 0.05) is 18.8 Å². The van der Waals surface area contributed by atoms with Crippen LogP contribution in [0.25, 0.3) is 0 Å². The standard InChI is InChI=1S/C21H28N2O4S2/c1-16(2)28(24,25)21-12-9-18(23-13-5-4-6-14-23)15-20(21)22-29(26,27)19-10-7-17(3)8-11-19/h7-12,15-16,22H,4-6,13-14H2,1-3H3. The largest absolute Gasteiger partial charge is 0.371 e. The Hall–Kier alpha value is -2.06. The highest BCUT2D eigenvalue weighted by Crippen LogP contribution is 2.32. The average Bonchev–Trinajstić information content (AvgIpc) is 2.68. The van der Waals surface area contributed by atoms with Gasteiger partial charge in [-0.15, -0.1) is 0 Å². The Morgan fingerprint density at radius 2 is 1.52 bits per heavy atom. The molecule has 0 aliphatic carbocycles. The smallest absolute Gasteiger partial charge is 0.261 e. The normalized spacial score (nSPS) is 15.5. The van der Waals surface area contributed by atoms with E-state index in [0.717, 1.165) is 37.2 Å². The maximum Gasteiger partial charge on any atom is 0.261 e. The van der Waals surface area contributed by atoms with Crippen LogP contribution in [0.4, 0.5) is 11.4 Å². The van der Waals surface area contributed by atoms with E-state index in [2.05, 4.69) is 9.62 Å². The van der Waals surface area contributed by atoms with Gasteiger partial charge in [0.1, 0.15) is 0 Å². The second-order valence-corrected chi connectivity index (χ2v) is 11.9. The summed E-state index contributed by atoms with van der Waals surface area (Å²) in [5, 5.41) is -0.661. The maximum absolute atomic E-state index is 12.9. The lowest BCUT2D eigenvalue weighted by atomic mass is 10.1. The fraction of sp³-hybridized carbons (Fsp3) is 0.429. The molecule has 1 saturated heterocycles. The third-order valence-corrected chi connectivity index (χ3v) is 8.78. The van der Waals surface area contributed by atoms with Crippen molar-refractivity contribution >= 4 is 31.2 Å². The molecule has 1 aliphatic rings. The van der Waals surface area contributed by atoms with Crippen LogP contribution in [0.2, 0.25) is 0 Å². The van der Waals surface area contributed by atoms with Crippen LogP contribution in [0.3, 0.4) is 0 Å². The van der Waals surface area contributed by atoms with Gasteiger partial charge in [-0.2, -0.15) is 0 Å². The molecule has 0 aromatic heterocycles.